The maximum absolute atomic E-state index is 13.7. The second-order valence-corrected chi connectivity index (χ2v) is 6.77. The number of halogens is 1. The van der Waals surface area contributed by atoms with Crippen molar-refractivity contribution in [2.24, 2.45) is 0 Å². The molecule has 0 aliphatic heterocycles. The number of benzene rings is 3. The van der Waals surface area contributed by atoms with Crippen LogP contribution >= 0.6 is 0 Å². The van der Waals surface area contributed by atoms with Crippen molar-refractivity contribution in [2.45, 2.75) is 0 Å². The molecule has 5 nitrogen and oxygen atoms in total. The Morgan fingerprint density at radius 1 is 0.862 bits per heavy atom. The molecule has 0 atom stereocenters. The van der Waals surface area contributed by atoms with Crippen LogP contribution in [0.2, 0.25) is 0 Å². The molecule has 0 fully saturated rings. The van der Waals surface area contributed by atoms with E-state index < -0.39 is 0 Å². The molecular formula is C23H13FN4O. The number of aromatic nitrogens is 4. The van der Waals surface area contributed by atoms with Gasteiger partial charge in [0.25, 0.3) is 0 Å². The summed E-state index contributed by atoms with van der Waals surface area (Å²) in [5.74, 6) is 0.363. The van der Waals surface area contributed by atoms with Gasteiger partial charge in [-0.15, -0.1) is 5.10 Å². The van der Waals surface area contributed by atoms with Crippen molar-refractivity contribution in [2.75, 3.05) is 0 Å². The quantitative estimate of drug-likeness (QED) is 0.397. The zero-order valence-corrected chi connectivity index (χ0v) is 15.1. The fourth-order valence-corrected chi connectivity index (χ4v) is 3.80. The predicted octanol–water partition coefficient (Wildman–Crippen LogP) is 5.52. The van der Waals surface area contributed by atoms with Gasteiger partial charge in [-0.2, -0.15) is 5.10 Å². The molecule has 0 N–H and O–H groups in total. The highest BCUT2D eigenvalue weighted by Crippen LogP contribution is 2.37. The average molecular weight is 380 g/mol. The lowest BCUT2D eigenvalue weighted by Crippen LogP contribution is -1.97. The minimum Gasteiger partial charge on any atom is -0.455 e. The number of hydrogen-bond acceptors (Lipinski definition) is 4. The van der Waals surface area contributed by atoms with E-state index in [-0.39, 0.29) is 5.82 Å². The summed E-state index contributed by atoms with van der Waals surface area (Å²) in [7, 11) is 0. The Bertz CT molecular complexity index is 1520. The van der Waals surface area contributed by atoms with Crippen LogP contribution in [0.5, 0.6) is 0 Å². The van der Waals surface area contributed by atoms with Gasteiger partial charge in [0, 0.05) is 22.5 Å². The van der Waals surface area contributed by atoms with E-state index in [1.165, 1.54) is 12.1 Å². The number of para-hydroxylation sites is 2. The van der Waals surface area contributed by atoms with Crippen LogP contribution in [-0.2, 0) is 0 Å². The normalized spacial score (nSPS) is 11.6. The summed E-state index contributed by atoms with van der Waals surface area (Å²) in [5.41, 5.74) is 4.33. The largest absolute Gasteiger partial charge is 0.455 e. The van der Waals surface area contributed by atoms with Crippen LogP contribution in [0.1, 0.15) is 0 Å². The van der Waals surface area contributed by atoms with E-state index >= 15 is 0 Å². The zero-order valence-electron chi connectivity index (χ0n) is 15.1. The number of nitrogens with zero attached hydrogens (tertiary/aromatic N) is 4. The molecular weight excluding hydrogens is 367 g/mol. The molecule has 0 bridgehead atoms. The third kappa shape index (κ3) is 2.36. The Balaban J connectivity index is 1.73. The van der Waals surface area contributed by atoms with Crippen LogP contribution < -0.4 is 0 Å². The van der Waals surface area contributed by atoms with Gasteiger partial charge in [0.05, 0.1) is 17.3 Å². The highest BCUT2D eigenvalue weighted by molar-refractivity contribution is 6.09. The molecule has 0 radical (unpaired) electrons. The maximum Gasteiger partial charge on any atom is 0.200 e. The van der Waals surface area contributed by atoms with Gasteiger partial charge >= 0.3 is 0 Å². The Morgan fingerprint density at radius 2 is 1.76 bits per heavy atom. The van der Waals surface area contributed by atoms with Gasteiger partial charge in [0.2, 0.25) is 5.65 Å². The monoisotopic (exact) mass is 380 g/mol. The maximum atomic E-state index is 13.7. The molecule has 3 aromatic heterocycles. The zero-order chi connectivity index (χ0) is 19.4. The smallest absolute Gasteiger partial charge is 0.200 e. The van der Waals surface area contributed by atoms with E-state index in [0.717, 1.165) is 27.5 Å². The molecule has 0 aliphatic rings. The lowest BCUT2D eigenvalue weighted by Gasteiger charge is -2.09. The molecule has 6 heteroatoms. The van der Waals surface area contributed by atoms with Crippen LogP contribution in [0.4, 0.5) is 4.39 Å². The molecule has 6 aromatic rings. The molecule has 0 saturated heterocycles. The van der Waals surface area contributed by atoms with Crippen LogP contribution in [0, 0.1) is 5.82 Å². The van der Waals surface area contributed by atoms with Gasteiger partial charge in [-0.3, -0.25) is 4.57 Å². The van der Waals surface area contributed by atoms with Crippen molar-refractivity contribution in [3.05, 3.63) is 84.8 Å². The summed E-state index contributed by atoms with van der Waals surface area (Å²) in [5, 5.41) is 9.93. The van der Waals surface area contributed by atoms with Gasteiger partial charge < -0.3 is 4.42 Å². The molecule has 0 saturated carbocycles. The third-order valence-electron chi connectivity index (χ3n) is 5.06. The SMILES string of the molecule is Fc1ccc2c(c1)oc1c(-c3nc4nnccc4n3-c3ccccc3)cccc12. The lowest BCUT2D eigenvalue weighted by molar-refractivity contribution is 0.618. The summed E-state index contributed by atoms with van der Waals surface area (Å²) in [4.78, 5) is 4.75. The number of fused-ring (bicyclic) bond motifs is 4. The van der Waals surface area contributed by atoms with Crippen LogP contribution in [0.3, 0.4) is 0 Å². The van der Waals surface area contributed by atoms with Crippen LogP contribution in [0.25, 0.3) is 50.2 Å². The first kappa shape index (κ1) is 15.9. The number of hydrogen-bond donors (Lipinski definition) is 0. The van der Waals surface area contributed by atoms with Gasteiger partial charge in [0.15, 0.2) is 5.82 Å². The van der Waals surface area contributed by atoms with E-state index in [1.807, 2.05) is 59.2 Å². The summed E-state index contributed by atoms with van der Waals surface area (Å²) in [6.07, 6.45) is 1.65. The van der Waals surface area contributed by atoms with Crippen LogP contribution in [0.15, 0.2) is 83.4 Å². The van der Waals surface area contributed by atoms with Crippen molar-refractivity contribution in [3.8, 4) is 17.1 Å². The topological polar surface area (TPSA) is 56.7 Å². The molecule has 0 spiro atoms. The molecule has 138 valence electrons. The minimum absolute atomic E-state index is 0.329. The summed E-state index contributed by atoms with van der Waals surface area (Å²) in [6.45, 7) is 0. The van der Waals surface area contributed by atoms with Crippen molar-refractivity contribution in [1.29, 1.82) is 0 Å². The fraction of sp³-hybridized carbons (Fsp3) is 0. The number of rotatable bonds is 2. The van der Waals surface area contributed by atoms with E-state index in [4.69, 9.17) is 9.40 Å². The second kappa shape index (κ2) is 5.97. The summed E-state index contributed by atoms with van der Waals surface area (Å²) in [6, 6.07) is 22.3. The van der Waals surface area contributed by atoms with Gasteiger partial charge in [0.1, 0.15) is 17.0 Å². The third-order valence-corrected chi connectivity index (χ3v) is 5.06. The lowest BCUT2D eigenvalue weighted by atomic mass is 10.1. The summed E-state index contributed by atoms with van der Waals surface area (Å²) >= 11 is 0. The predicted molar refractivity (Wildman–Crippen MR) is 109 cm³/mol. The molecule has 29 heavy (non-hydrogen) atoms. The van der Waals surface area contributed by atoms with Crippen molar-refractivity contribution in [1.82, 2.24) is 19.7 Å². The molecule has 6 rings (SSSR count). The Morgan fingerprint density at radius 3 is 2.66 bits per heavy atom. The second-order valence-electron chi connectivity index (χ2n) is 6.77. The van der Waals surface area contributed by atoms with Gasteiger partial charge in [-0.1, -0.05) is 30.3 Å². The highest BCUT2D eigenvalue weighted by atomic mass is 19.1. The standard InChI is InChI=1S/C23H13FN4O/c24-14-9-10-16-17-7-4-8-18(21(17)29-20(16)13-14)23-26-22-19(11-12-25-27-22)28(23)15-5-2-1-3-6-15/h1-13H. The Labute approximate surface area is 164 Å². The Kier molecular flexibility index (Phi) is 3.28. The molecule has 0 amide bonds. The molecule has 3 aromatic carbocycles. The van der Waals surface area contributed by atoms with Crippen molar-refractivity contribution >= 4 is 33.1 Å². The molecule has 0 unspecified atom stereocenters. The van der Waals surface area contributed by atoms with E-state index in [2.05, 4.69) is 10.2 Å². The average Bonchev–Trinajstić information content (AvgIpc) is 3.32. The van der Waals surface area contributed by atoms with Crippen molar-refractivity contribution in [3.63, 3.8) is 0 Å². The summed E-state index contributed by atoms with van der Waals surface area (Å²) < 4.78 is 21.8. The first-order chi connectivity index (χ1) is 14.3. The Hall–Kier alpha value is -4.06. The van der Waals surface area contributed by atoms with Gasteiger partial charge in [-0.05, 0) is 36.4 Å². The molecule has 0 aliphatic carbocycles. The minimum atomic E-state index is -0.329. The van der Waals surface area contributed by atoms with Crippen molar-refractivity contribution < 1.29 is 8.81 Å². The van der Waals surface area contributed by atoms with Crippen LogP contribution in [-0.4, -0.2) is 19.7 Å². The fourth-order valence-electron chi connectivity index (χ4n) is 3.80. The molecule has 3 heterocycles. The van der Waals surface area contributed by atoms with Gasteiger partial charge in [-0.25, -0.2) is 9.37 Å². The number of furan rings is 1. The van der Waals surface area contributed by atoms with E-state index in [0.29, 0.717) is 22.6 Å². The first-order valence-corrected chi connectivity index (χ1v) is 9.16. The number of imidazole rings is 1. The van der Waals surface area contributed by atoms with E-state index in [9.17, 15) is 4.39 Å². The first-order valence-electron chi connectivity index (χ1n) is 9.16. The van der Waals surface area contributed by atoms with E-state index in [1.54, 1.807) is 12.3 Å². The highest BCUT2D eigenvalue weighted by Gasteiger charge is 2.20.